The standard InChI is InChI=1S/C30H35ClN2O3S/c1-30(2,3)32-29(35)27(18-22-9-6-5-7-10-22)33(19-24-11-8-12-25(31)17-24)28(34)21-37-20-23-13-15-26(36-4)16-14-23/h5-17,27H,18-21H2,1-4H3,(H,32,35)/t27-/m0/s1. The summed E-state index contributed by atoms with van der Waals surface area (Å²) < 4.78 is 5.23. The van der Waals surface area contributed by atoms with Gasteiger partial charge < -0.3 is 15.0 Å². The second kappa shape index (κ2) is 13.5. The number of carbonyl (C=O) groups is 2. The summed E-state index contributed by atoms with van der Waals surface area (Å²) in [4.78, 5) is 29.0. The van der Waals surface area contributed by atoms with E-state index in [1.165, 1.54) is 11.8 Å². The van der Waals surface area contributed by atoms with Crippen LogP contribution >= 0.6 is 23.4 Å². The number of rotatable bonds is 11. The molecule has 0 bridgehead atoms. The Hall–Kier alpha value is -2.96. The number of benzene rings is 3. The van der Waals surface area contributed by atoms with Crippen molar-refractivity contribution in [2.45, 2.75) is 51.1 Å². The smallest absolute Gasteiger partial charge is 0.243 e. The SMILES string of the molecule is COc1ccc(CSCC(=O)N(Cc2cccc(Cl)c2)[C@@H](Cc2ccccc2)C(=O)NC(C)(C)C)cc1. The van der Waals surface area contributed by atoms with Gasteiger partial charge in [-0.25, -0.2) is 0 Å². The lowest BCUT2D eigenvalue weighted by Crippen LogP contribution is -2.54. The molecule has 3 aromatic carbocycles. The summed E-state index contributed by atoms with van der Waals surface area (Å²) >= 11 is 7.77. The maximum Gasteiger partial charge on any atom is 0.243 e. The van der Waals surface area contributed by atoms with Crippen LogP contribution in [0.1, 0.15) is 37.5 Å². The molecule has 0 heterocycles. The quantitative estimate of drug-likeness (QED) is 0.319. The Morgan fingerprint density at radius 2 is 1.62 bits per heavy atom. The summed E-state index contributed by atoms with van der Waals surface area (Å²) in [5, 5.41) is 3.68. The van der Waals surface area contributed by atoms with E-state index < -0.39 is 11.6 Å². The first kappa shape index (κ1) is 28.6. The Balaban J connectivity index is 1.85. The van der Waals surface area contributed by atoms with Crippen LogP contribution in [0.2, 0.25) is 5.02 Å². The summed E-state index contributed by atoms with van der Waals surface area (Å²) in [5.41, 5.74) is 2.54. The largest absolute Gasteiger partial charge is 0.497 e. The highest BCUT2D eigenvalue weighted by molar-refractivity contribution is 7.99. The first-order chi connectivity index (χ1) is 17.6. The topological polar surface area (TPSA) is 58.6 Å². The third-order valence-electron chi connectivity index (χ3n) is 5.66. The molecule has 0 spiro atoms. The Bertz CT molecular complexity index is 1160. The summed E-state index contributed by atoms with van der Waals surface area (Å²) in [6, 6.07) is 24.4. The molecule has 37 heavy (non-hydrogen) atoms. The predicted octanol–water partition coefficient (Wildman–Crippen LogP) is 6.14. The fourth-order valence-electron chi connectivity index (χ4n) is 3.90. The lowest BCUT2D eigenvalue weighted by molar-refractivity contribution is -0.140. The zero-order valence-electron chi connectivity index (χ0n) is 21.9. The third kappa shape index (κ3) is 9.45. The van der Waals surface area contributed by atoms with Crippen LogP contribution in [0.25, 0.3) is 0 Å². The number of hydrogen-bond acceptors (Lipinski definition) is 4. The molecule has 0 aliphatic rings. The molecule has 0 fully saturated rings. The number of nitrogens with zero attached hydrogens (tertiary/aromatic N) is 1. The molecule has 5 nitrogen and oxygen atoms in total. The maximum absolute atomic E-state index is 13.7. The zero-order chi connectivity index (χ0) is 26.8. The lowest BCUT2D eigenvalue weighted by Gasteiger charge is -2.34. The molecule has 0 unspecified atom stereocenters. The summed E-state index contributed by atoms with van der Waals surface area (Å²) in [6.45, 7) is 6.12. The molecule has 196 valence electrons. The van der Waals surface area contributed by atoms with Gasteiger partial charge in [0.25, 0.3) is 0 Å². The van der Waals surface area contributed by atoms with E-state index >= 15 is 0 Å². The number of thioether (sulfide) groups is 1. The van der Waals surface area contributed by atoms with E-state index in [0.29, 0.717) is 17.2 Å². The Labute approximate surface area is 229 Å². The molecule has 1 N–H and O–H groups in total. The van der Waals surface area contributed by atoms with Crippen molar-refractivity contribution < 1.29 is 14.3 Å². The maximum atomic E-state index is 13.7. The van der Waals surface area contributed by atoms with E-state index in [2.05, 4.69) is 5.32 Å². The second-order valence-corrected chi connectivity index (χ2v) is 11.4. The highest BCUT2D eigenvalue weighted by Crippen LogP contribution is 2.21. The Kier molecular flexibility index (Phi) is 10.5. The Morgan fingerprint density at radius 3 is 2.24 bits per heavy atom. The predicted molar refractivity (Wildman–Crippen MR) is 153 cm³/mol. The van der Waals surface area contributed by atoms with Crippen LogP contribution in [-0.4, -0.2) is 41.2 Å². The normalized spacial score (nSPS) is 12.0. The van der Waals surface area contributed by atoms with Crippen LogP contribution in [0.3, 0.4) is 0 Å². The fraction of sp³-hybridized carbons (Fsp3) is 0.333. The van der Waals surface area contributed by atoms with Crippen molar-refractivity contribution in [1.29, 1.82) is 0 Å². The van der Waals surface area contributed by atoms with E-state index in [-0.39, 0.29) is 24.1 Å². The van der Waals surface area contributed by atoms with Gasteiger partial charge in [-0.15, -0.1) is 11.8 Å². The molecule has 0 aromatic heterocycles. The molecular weight excluding hydrogens is 504 g/mol. The van der Waals surface area contributed by atoms with E-state index in [4.69, 9.17) is 16.3 Å². The van der Waals surface area contributed by atoms with Crippen LogP contribution in [0.4, 0.5) is 0 Å². The molecule has 0 aliphatic heterocycles. The van der Waals surface area contributed by atoms with Gasteiger partial charge >= 0.3 is 0 Å². The summed E-state index contributed by atoms with van der Waals surface area (Å²) in [7, 11) is 1.64. The van der Waals surface area contributed by atoms with Gasteiger partial charge in [0, 0.05) is 29.3 Å². The van der Waals surface area contributed by atoms with Crippen molar-refractivity contribution in [2.75, 3.05) is 12.9 Å². The van der Waals surface area contributed by atoms with Gasteiger partial charge in [-0.2, -0.15) is 0 Å². The summed E-state index contributed by atoms with van der Waals surface area (Å²) in [5.74, 6) is 1.46. The minimum atomic E-state index is -0.672. The van der Waals surface area contributed by atoms with Gasteiger partial charge in [-0.05, 0) is 61.7 Å². The van der Waals surface area contributed by atoms with Gasteiger partial charge in [0.05, 0.1) is 12.9 Å². The molecule has 0 aliphatic carbocycles. The molecule has 0 radical (unpaired) electrons. The van der Waals surface area contributed by atoms with Crippen molar-refractivity contribution in [2.24, 2.45) is 0 Å². The average molecular weight is 539 g/mol. The van der Waals surface area contributed by atoms with E-state index in [1.54, 1.807) is 18.1 Å². The highest BCUT2D eigenvalue weighted by atomic mass is 35.5. The van der Waals surface area contributed by atoms with Crippen LogP contribution < -0.4 is 10.1 Å². The first-order valence-electron chi connectivity index (χ1n) is 12.2. The monoisotopic (exact) mass is 538 g/mol. The minimum absolute atomic E-state index is 0.0940. The minimum Gasteiger partial charge on any atom is -0.497 e. The number of ether oxygens (including phenoxy) is 1. The molecule has 3 aromatic rings. The molecule has 0 saturated carbocycles. The molecular formula is C30H35ClN2O3S. The van der Waals surface area contributed by atoms with Crippen LogP contribution in [0.5, 0.6) is 5.75 Å². The van der Waals surface area contributed by atoms with Gasteiger partial charge in [-0.1, -0.05) is 66.2 Å². The van der Waals surface area contributed by atoms with Crippen molar-refractivity contribution in [1.82, 2.24) is 10.2 Å². The third-order valence-corrected chi connectivity index (χ3v) is 6.89. The summed E-state index contributed by atoms with van der Waals surface area (Å²) in [6.07, 6.45) is 0.415. The van der Waals surface area contributed by atoms with E-state index in [0.717, 1.165) is 22.4 Å². The number of amides is 2. The molecule has 1 atom stereocenters. The second-order valence-electron chi connectivity index (χ2n) is 9.94. The van der Waals surface area contributed by atoms with Gasteiger partial charge in [0.2, 0.25) is 11.8 Å². The van der Waals surface area contributed by atoms with Gasteiger partial charge in [-0.3, -0.25) is 9.59 Å². The molecule has 3 rings (SSSR count). The average Bonchev–Trinajstić information content (AvgIpc) is 2.86. The number of hydrogen-bond donors (Lipinski definition) is 1. The Morgan fingerprint density at radius 1 is 0.946 bits per heavy atom. The van der Waals surface area contributed by atoms with Crippen LogP contribution in [-0.2, 0) is 28.3 Å². The number of nitrogens with one attached hydrogen (secondary N) is 1. The lowest BCUT2D eigenvalue weighted by atomic mass is 10.0. The van der Waals surface area contributed by atoms with E-state index in [9.17, 15) is 9.59 Å². The molecule has 2 amide bonds. The number of methoxy groups -OCH3 is 1. The van der Waals surface area contributed by atoms with Gasteiger partial charge in [0.15, 0.2) is 0 Å². The van der Waals surface area contributed by atoms with Crippen molar-refractivity contribution in [3.63, 3.8) is 0 Å². The highest BCUT2D eigenvalue weighted by Gasteiger charge is 2.32. The van der Waals surface area contributed by atoms with Crippen LogP contribution in [0.15, 0.2) is 78.9 Å². The van der Waals surface area contributed by atoms with Crippen LogP contribution in [0, 0.1) is 0 Å². The fourth-order valence-corrected chi connectivity index (χ4v) is 4.98. The van der Waals surface area contributed by atoms with Gasteiger partial charge in [0.1, 0.15) is 11.8 Å². The van der Waals surface area contributed by atoms with Crippen molar-refractivity contribution in [3.8, 4) is 5.75 Å². The number of halogens is 1. The molecule has 0 saturated heterocycles. The zero-order valence-corrected chi connectivity index (χ0v) is 23.4. The van der Waals surface area contributed by atoms with Crippen molar-refractivity contribution >= 4 is 35.2 Å². The molecule has 7 heteroatoms. The number of carbonyl (C=O) groups excluding carboxylic acids is 2. The van der Waals surface area contributed by atoms with Crippen molar-refractivity contribution in [3.05, 3.63) is 101 Å². The first-order valence-corrected chi connectivity index (χ1v) is 13.8. The van der Waals surface area contributed by atoms with E-state index in [1.807, 2.05) is 93.6 Å².